The highest BCUT2D eigenvalue weighted by molar-refractivity contribution is 5.99. The van der Waals surface area contributed by atoms with E-state index in [1.165, 1.54) is 6.07 Å². The number of halogens is 1. The first-order valence-corrected chi connectivity index (χ1v) is 13.4. The van der Waals surface area contributed by atoms with E-state index in [0.29, 0.717) is 62.0 Å². The summed E-state index contributed by atoms with van der Waals surface area (Å²) in [5.41, 5.74) is 2.75. The summed E-state index contributed by atoms with van der Waals surface area (Å²) >= 11 is 0. The average Bonchev–Trinajstić information content (AvgIpc) is 2.97. The van der Waals surface area contributed by atoms with E-state index >= 15 is 0 Å². The lowest BCUT2D eigenvalue weighted by atomic mass is 9.98. The first-order valence-electron chi connectivity index (χ1n) is 13.4. The van der Waals surface area contributed by atoms with E-state index in [1.54, 1.807) is 19.2 Å². The smallest absolute Gasteiger partial charge is 0.257 e. The molecule has 1 atom stereocenters. The number of hydrogen-bond donors (Lipinski definition) is 1. The molecular formula is C30H35FN4O3. The lowest BCUT2D eigenvalue weighted by molar-refractivity contribution is 0.0575. The van der Waals surface area contributed by atoms with Crippen LogP contribution in [-0.2, 0) is 0 Å². The number of hydrogen-bond acceptors (Lipinski definition) is 6. The molecule has 0 aliphatic carbocycles. The molecule has 0 radical (unpaired) electrons. The second-order valence-corrected chi connectivity index (χ2v) is 9.85. The molecule has 0 unspecified atom stereocenters. The monoisotopic (exact) mass is 518 g/mol. The number of pyridine rings is 1. The summed E-state index contributed by atoms with van der Waals surface area (Å²) < 4.78 is 20.0. The van der Waals surface area contributed by atoms with E-state index in [0.717, 1.165) is 30.5 Å². The van der Waals surface area contributed by atoms with Gasteiger partial charge < -0.3 is 24.5 Å². The Hall–Kier alpha value is -3.65. The highest BCUT2D eigenvalue weighted by Gasteiger charge is 2.31. The van der Waals surface area contributed by atoms with E-state index in [4.69, 9.17) is 9.72 Å². The summed E-state index contributed by atoms with van der Waals surface area (Å²) in [5, 5.41) is 9.60. The van der Waals surface area contributed by atoms with Crippen molar-refractivity contribution in [1.82, 2.24) is 9.88 Å². The zero-order chi connectivity index (χ0) is 26.5. The summed E-state index contributed by atoms with van der Waals surface area (Å²) in [6, 6.07) is 18.3. The fourth-order valence-electron chi connectivity index (χ4n) is 5.60. The van der Waals surface area contributed by atoms with Gasteiger partial charge in [-0.25, -0.2) is 9.37 Å². The quantitative estimate of drug-likeness (QED) is 0.493. The Balaban J connectivity index is 1.48. The maximum absolute atomic E-state index is 14.4. The molecule has 1 amide bonds. The standard InChI is InChI=1S/C30H35FN4O3/c1-38-28-12-5-2-9-23(28)26-14-13-24(30(37)35-16-7-6-8-22(35)15-21-36)29(32-26)34-19-17-33(18-20-34)27-11-4-3-10-25(27)31/h2-5,9-14,22,36H,6-8,15-21H2,1H3/t22-/m1/s1. The van der Waals surface area contributed by atoms with Crippen LogP contribution in [0.25, 0.3) is 11.3 Å². The van der Waals surface area contributed by atoms with E-state index in [-0.39, 0.29) is 24.4 Å². The Bertz CT molecular complexity index is 1260. The number of aliphatic hydroxyl groups excluding tert-OH is 1. The van der Waals surface area contributed by atoms with Gasteiger partial charge in [0.05, 0.1) is 24.1 Å². The van der Waals surface area contributed by atoms with Gasteiger partial charge in [-0.3, -0.25) is 4.79 Å². The first-order chi connectivity index (χ1) is 18.6. The van der Waals surface area contributed by atoms with Gasteiger partial charge in [0, 0.05) is 50.9 Å². The summed E-state index contributed by atoms with van der Waals surface area (Å²) in [7, 11) is 1.64. The van der Waals surface area contributed by atoms with Crippen LogP contribution in [0.1, 0.15) is 36.0 Å². The minimum absolute atomic E-state index is 0.0286. The number of benzene rings is 2. The second-order valence-electron chi connectivity index (χ2n) is 9.85. The van der Waals surface area contributed by atoms with Gasteiger partial charge >= 0.3 is 0 Å². The molecular weight excluding hydrogens is 483 g/mol. The third-order valence-corrected chi connectivity index (χ3v) is 7.61. The molecule has 2 fully saturated rings. The molecule has 1 N–H and O–H groups in total. The van der Waals surface area contributed by atoms with Gasteiger partial charge in [-0.2, -0.15) is 0 Å². The van der Waals surface area contributed by atoms with E-state index in [9.17, 15) is 14.3 Å². The lowest BCUT2D eigenvalue weighted by Gasteiger charge is -2.39. The van der Waals surface area contributed by atoms with Crippen molar-refractivity contribution in [3.63, 3.8) is 0 Å². The van der Waals surface area contributed by atoms with Crippen LogP contribution in [0.2, 0.25) is 0 Å². The number of carbonyl (C=O) groups excluding carboxylic acids is 1. The number of rotatable bonds is 7. The molecule has 5 rings (SSSR count). The van der Waals surface area contributed by atoms with Crippen molar-refractivity contribution in [2.45, 2.75) is 31.7 Å². The Kier molecular flexibility index (Phi) is 8.08. The van der Waals surface area contributed by atoms with E-state index in [2.05, 4.69) is 4.90 Å². The SMILES string of the molecule is COc1ccccc1-c1ccc(C(=O)N2CCCC[C@@H]2CCO)c(N2CCN(c3ccccc3F)CC2)n1. The fraction of sp³-hybridized carbons (Fsp3) is 0.400. The number of likely N-dealkylation sites (tertiary alicyclic amines) is 1. The highest BCUT2D eigenvalue weighted by atomic mass is 19.1. The molecule has 2 saturated heterocycles. The molecule has 2 aliphatic heterocycles. The van der Waals surface area contributed by atoms with Gasteiger partial charge in [0.15, 0.2) is 0 Å². The molecule has 2 aromatic carbocycles. The average molecular weight is 519 g/mol. The Morgan fingerprint density at radius 1 is 0.974 bits per heavy atom. The number of ether oxygens (including phenoxy) is 1. The normalized spacial score (nSPS) is 18.0. The van der Waals surface area contributed by atoms with Crippen LogP contribution in [-0.4, -0.2) is 73.4 Å². The van der Waals surface area contributed by atoms with Crippen LogP contribution in [0, 0.1) is 5.82 Å². The molecule has 8 heteroatoms. The lowest BCUT2D eigenvalue weighted by Crippen LogP contribution is -2.48. The number of methoxy groups -OCH3 is 1. The summed E-state index contributed by atoms with van der Waals surface area (Å²) in [6.45, 7) is 3.19. The maximum Gasteiger partial charge on any atom is 0.257 e. The van der Waals surface area contributed by atoms with Gasteiger partial charge in [-0.1, -0.05) is 24.3 Å². The minimum atomic E-state index is -0.229. The van der Waals surface area contributed by atoms with E-state index < -0.39 is 0 Å². The summed E-state index contributed by atoms with van der Waals surface area (Å²) in [4.78, 5) is 25.1. The van der Waals surface area contributed by atoms with Crippen LogP contribution < -0.4 is 14.5 Å². The number of para-hydroxylation sites is 2. The zero-order valence-corrected chi connectivity index (χ0v) is 21.9. The van der Waals surface area contributed by atoms with Crippen LogP contribution >= 0.6 is 0 Å². The van der Waals surface area contributed by atoms with Crippen molar-refractivity contribution in [1.29, 1.82) is 0 Å². The maximum atomic E-state index is 14.4. The fourth-order valence-corrected chi connectivity index (χ4v) is 5.60. The largest absolute Gasteiger partial charge is 0.496 e. The van der Waals surface area contributed by atoms with Gasteiger partial charge in [-0.05, 0) is 62.1 Å². The van der Waals surface area contributed by atoms with Crippen molar-refractivity contribution in [2.75, 3.05) is 56.2 Å². The van der Waals surface area contributed by atoms with Crippen LogP contribution in [0.3, 0.4) is 0 Å². The summed E-state index contributed by atoms with van der Waals surface area (Å²) in [6.07, 6.45) is 3.49. The van der Waals surface area contributed by atoms with Gasteiger partial charge in [0.2, 0.25) is 0 Å². The van der Waals surface area contributed by atoms with Crippen LogP contribution in [0.5, 0.6) is 5.75 Å². The third-order valence-electron chi connectivity index (χ3n) is 7.61. The van der Waals surface area contributed by atoms with Crippen molar-refractivity contribution in [3.8, 4) is 17.0 Å². The number of aromatic nitrogens is 1. The number of aliphatic hydroxyl groups is 1. The molecule has 0 spiro atoms. The Labute approximate surface area is 223 Å². The van der Waals surface area contributed by atoms with Crippen molar-refractivity contribution >= 4 is 17.4 Å². The van der Waals surface area contributed by atoms with Crippen molar-refractivity contribution in [2.24, 2.45) is 0 Å². The van der Waals surface area contributed by atoms with Gasteiger partial charge in [-0.15, -0.1) is 0 Å². The number of anilines is 2. The van der Waals surface area contributed by atoms with Crippen molar-refractivity contribution in [3.05, 3.63) is 72.0 Å². The first kappa shape index (κ1) is 26.0. The predicted octanol–water partition coefficient (Wildman–Crippen LogP) is 4.60. The molecule has 2 aliphatic rings. The molecule has 0 saturated carbocycles. The highest BCUT2D eigenvalue weighted by Crippen LogP contribution is 2.33. The number of piperazine rings is 1. The molecule has 200 valence electrons. The van der Waals surface area contributed by atoms with E-state index in [1.807, 2.05) is 52.3 Å². The van der Waals surface area contributed by atoms with Crippen LogP contribution in [0.15, 0.2) is 60.7 Å². The Morgan fingerprint density at radius 3 is 2.47 bits per heavy atom. The zero-order valence-electron chi connectivity index (χ0n) is 21.9. The number of amides is 1. The number of carbonyl (C=O) groups is 1. The third kappa shape index (κ3) is 5.31. The second kappa shape index (κ2) is 11.8. The number of nitrogens with zero attached hydrogens (tertiary/aromatic N) is 4. The molecule has 38 heavy (non-hydrogen) atoms. The predicted molar refractivity (Wildman–Crippen MR) is 147 cm³/mol. The van der Waals surface area contributed by atoms with Gasteiger partial charge in [0.25, 0.3) is 5.91 Å². The molecule has 0 bridgehead atoms. The molecule has 1 aromatic heterocycles. The van der Waals surface area contributed by atoms with Crippen LogP contribution in [0.4, 0.5) is 15.9 Å². The van der Waals surface area contributed by atoms with Crippen molar-refractivity contribution < 1.29 is 19.0 Å². The Morgan fingerprint density at radius 2 is 1.71 bits per heavy atom. The summed E-state index contributed by atoms with van der Waals surface area (Å²) in [5.74, 6) is 1.08. The number of piperidine rings is 1. The molecule has 3 heterocycles. The topological polar surface area (TPSA) is 69.1 Å². The molecule has 3 aromatic rings. The minimum Gasteiger partial charge on any atom is -0.496 e. The van der Waals surface area contributed by atoms with Gasteiger partial charge in [0.1, 0.15) is 17.4 Å². The molecule has 7 nitrogen and oxygen atoms in total.